The van der Waals surface area contributed by atoms with Crippen molar-refractivity contribution in [2.45, 2.75) is 50.9 Å². The summed E-state index contributed by atoms with van der Waals surface area (Å²) in [5.74, 6) is 0. The minimum absolute atomic E-state index is 0.686. The summed E-state index contributed by atoms with van der Waals surface area (Å²) in [6.45, 7) is 2.78. The molecule has 1 heterocycles. The van der Waals surface area contributed by atoms with Crippen molar-refractivity contribution in [1.82, 2.24) is 9.78 Å². The molecular weight excluding hydrogens is 192 g/mol. The highest BCUT2D eigenvalue weighted by Crippen LogP contribution is 2.39. The van der Waals surface area contributed by atoms with E-state index in [2.05, 4.69) is 5.10 Å². The largest absolute Gasteiger partial charge is 0.387 e. The number of rotatable bonds is 3. The van der Waals surface area contributed by atoms with Gasteiger partial charge in [-0.05, 0) is 19.8 Å². The summed E-state index contributed by atoms with van der Waals surface area (Å²) in [6, 6.07) is 0. The smallest absolute Gasteiger partial charge is 0.111 e. The van der Waals surface area contributed by atoms with Gasteiger partial charge in [0.15, 0.2) is 0 Å². The van der Waals surface area contributed by atoms with E-state index in [0.717, 1.165) is 24.9 Å². The summed E-state index contributed by atoms with van der Waals surface area (Å²) in [4.78, 5) is 0. The molecule has 1 aliphatic carbocycles. The monoisotopic (exact) mass is 210 g/mol. The number of hydrogen-bond acceptors (Lipinski definition) is 3. The second-order valence-electron chi connectivity index (χ2n) is 4.34. The molecule has 0 aliphatic heterocycles. The molecule has 0 radical (unpaired) electrons. The van der Waals surface area contributed by atoms with E-state index in [4.69, 9.17) is 0 Å². The zero-order valence-corrected chi connectivity index (χ0v) is 9.06. The van der Waals surface area contributed by atoms with Crippen molar-refractivity contribution in [2.75, 3.05) is 0 Å². The summed E-state index contributed by atoms with van der Waals surface area (Å²) >= 11 is 0. The van der Waals surface area contributed by atoms with Crippen molar-refractivity contribution in [3.05, 3.63) is 18.0 Å². The lowest BCUT2D eigenvalue weighted by Crippen LogP contribution is -2.32. The van der Waals surface area contributed by atoms with Gasteiger partial charge < -0.3 is 10.2 Å². The molecule has 84 valence electrons. The van der Waals surface area contributed by atoms with Crippen LogP contribution < -0.4 is 0 Å². The van der Waals surface area contributed by atoms with Crippen LogP contribution in [0.4, 0.5) is 0 Å². The zero-order valence-electron chi connectivity index (χ0n) is 9.06. The van der Waals surface area contributed by atoms with Gasteiger partial charge in [-0.2, -0.15) is 5.10 Å². The summed E-state index contributed by atoms with van der Waals surface area (Å²) < 4.78 is 1.76. The van der Waals surface area contributed by atoms with E-state index in [9.17, 15) is 10.2 Å². The van der Waals surface area contributed by atoms with E-state index >= 15 is 0 Å². The Bertz CT molecular complexity index is 329. The van der Waals surface area contributed by atoms with Gasteiger partial charge >= 0.3 is 0 Å². The third kappa shape index (κ3) is 1.92. The summed E-state index contributed by atoms with van der Waals surface area (Å²) in [7, 11) is 0. The van der Waals surface area contributed by atoms with Gasteiger partial charge in [0.25, 0.3) is 0 Å². The van der Waals surface area contributed by atoms with Crippen molar-refractivity contribution < 1.29 is 10.2 Å². The first-order valence-electron chi connectivity index (χ1n) is 5.58. The minimum Gasteiger partial charge on any atom is -0.387 e. The van der Waals surface area contributed by atoms with Crippen LogP contribution >= 0.6 is 0 Å². The number of aliphatic hydroxyl groups is 2. The van der Waals surface area contributed by atoms with Crippen LogP contribution in [0.15, 0.2) is 12.4 Å². The van der Waals surface area contributed by atoms with Gasteiger partial charge in [-0.3, -0.25) is 4.68 Å². The highest BCUT2D eigenvalue weighted by Gasteiger charge is 2.39. The number of hydrogen-bond donors (Lipinski definition) is 2. The molecule has 1 aliphatic rings. The number of aryl methyl sites for hydroxylation is 1. The molecule has 0 spiro atoms. The summed E-state index contributed by atoms with van der Waals surface area (Å²) in [6.07, 6.45) is 6.02. The zero-order chi connectivity index (χ0) is 10.9. The molecule has 4 heteroatoms. The first-order valence-corrected chi connectivity index (χ1v) is 5.58. The van der Waals surface area contributed by atoms with Crippen molar-refractivity contribution >= 4 is 0 Å². The minimum atomic E-state index is -0.929. The lowest BCUT2D eigenvalue weighted by Gasteiger charge is -2.27. The topological polar surface area (TPSA) is 58.3 Å². The molecule has 2 N–H and O–H groups in total. The SMILES string of the molecule is CCn1cc(C(O)C2(O)CCCC2)cn1. The Morgan fingerprint density at radius 1 is 1.53 bits per heavy atom. The Balaban J connectivity index is 2.15. The van der Waals surface area contributed by atoms with Gasteiger partial charge in [0.1, 0.15) is 6.10 Å². The van der Waals surface area contributed by atoms with Crippen molar-refractivity contribution in [3.8, 4) is 0 Å². The van der Waals surface area contributed by atoms with Gasteiger partial charge in [-0.15, -0.1) is 0 Å². The molecule has 4 nitrogen and oxygen atoms in total. The maximum absolute atomic E-state index is 10.2. The molecule has 1 atom stereocenters. The lowest BCUT2D eigenvalue weighted by atomic mass is 9.91. The molecule has 1 aromatic rings. The molecule has 1 unspecified atom stereocenters. The van der Waals surface area contributed by atoms with E-state index in [1.165, 1.54) is 0 Å². The first-order chi connectivity index (χ1) is 7.15. The quantitative estimate of drug-likeness (QED) is 0.789. The van der Waals surface area contributed by atoms with Crippen LogP contribution in [0.1, 0.15) is 44.3 Å². The summed E-state index contributed by atoms with van der Waals surface area (Å²) in [5, 5.41) is 24.4. The van der Waals surface area contributed by atoms with Crippen molar-refractivity contribution in [3.63, 3.8) is 0 Å². The molecule has 1 aromatic heterocycles. The third-order valence-electron chi connectivity index (χ3n) is 3.27. The van der Waals surface area contributed by atoms with E-state index in [1.807, 2.05) is 6.92 Å². The Kier molecular flexibility index (Phi) is 2.80. The normalized spacial score (nSPS) is 21.8. The maximum atomic E-state index is 10.2. The van der Waals surface area contributed by atoms with Crippen LogP contribution in [-0.2, 0) is 6.54 Å². The average molecular weight is 210 g/mol. The van der Waals surface area contributed by atoms with Crippen LogP contribution in [0.2, 0.25) is 0 Å². The fourth-order valence-electron chi connectivity index (χ4n) is 2.26. The Labute approximate surface area is 89.5 Å². The second-order valence-corrected chi connectivity index (χ2v) is 4.34. The molecule has 2 rings (SSSR count). The Morgan fingerprint density at radius 2 is 2.20 bits per heavy atom. The fraction of sp³-hybridized carbons (Fsp3) is 0.727. The van der Waals surface area contributed by atoms with Crippen LogP contribution in [0.25, 0.3) is 0 Å². The Hall–Kier alpha value is -0.870. The molecule has 0 saturated heterocycles. The van der Waals surface area contributed by atoms with Crippen LogP contribution in [-0.4, -0.2) is 25.6 Å². The molecule has 1 saturated carbocycles. The van der Waals surface area contributed by atoms with Gasteiger partial charge in [-0.1, -0.05) is 12.8 Å². The van der Waals surface area contributed by atoms with Crippen molar-refractivity contribution in [1.29, 1.82) is 0 Å². The first kappa shape index (κ1) is 10.6. The predicted molar refractivity (Wildman–Crippen MR) is 56.3 cm³/mol. The molecule has 0 bridgehead atoms. The highest BCUT2D eigenvalue weighted by atomic mass is 16.3. The molecule has 15 heavy (non-hydrogen) atoms. The average Bonchev–Trinajstić information content (AvgIpc) is 2.85. The van der Waals surface area contributed by atoms with Crippen LogP contribution in [0.5, 0.6) is 0 Å². The van der Waals surface area contributed by atoms with Crippen molar-refractivity contribution in [2.24, 2.45) is 0 Å². The van der Waals surface area contributed by atoms with Gasteiger partial charge in [0, 0.05) is 18.3 Å². The number of nitrogens with zero attached hydrogens (tertiary/aromatic N) is 2. The molecule has 0 aromatic carbocycles. The van der Waals surface area contributed by atoms with E-state index in [-0.39, 0.29) is 0 Å². The number of aromatic nitrogens is 2. The number of aliphatic hydroxyl groups excluding tert-OH is 1. The van der Waals surface area contributed by atoms with E-state index < -0.39 is 11.7 Å². The molecule has 0 amide bonds. The van der Waals surface area contributed by atoms with Crippen LogP contribution in [0, 0.1) is 0 Å². The van der Waals surface area contributed by atoms with Crippen LogP contribution in [0.3, 0.4) is 0 Å². The molecular formula is C11H18N2O2. The van der Waals surface area contributed by atoms with E-state index in [1.54, 1.807) is 17.1 Å². The second kappa shape index (κ2) is 3.94. The van der Waals surface area contributed by atoms with Gasteiger partial charge in [0.2, 0.25) is 0 Å². The predicted octanol–water partition coefficient (Wildman–Crippen LogP) is 1.24. The summed E-state index contributed by atoms with van der Waals surface area (Å²) in [5.41, 5.74) is -0.206. The fourth-order valence-corrected chi connectivity index (χ4v) is 2.26. The highest BCUT2D eigenvalue weighted by molar-refractivity contribution is 5.14. The standard InChI is InChI=1S/C11H18N2O2/c1-2-13-8-9(7-12-13)10(14)11(15)5-3-4-6-11/h7-8,10,14-15H,2-6H2,1H3. The van der Waals surface area contributed by atoms with Gasteiger partial charge in [-0.25, -0.2) is 0 Å². The lowest BCUT2D eigenvalue weighted by molar-refractivity contribution is -0.0719. The maximum Gasteiger partial charge on any atom is 0.111 e. The Morgan fingerprint density at radius 3 is 2.73 bits per heavy atom. The van der Waals surface area contributed by atoms with E-state index in [0.29, 0.717) is 12.8 Å². The third-order valence-corrected chi connectivity index (χ3v) is 3.27. The molecule has 1 fully saturated rings. The van der Waals surface area contributed by atoms with Gasteiger partial charge in [0.05, 0.1) is 11.8 Å².